The first-order chi connectivity index (χ1) is 9.97. The molecule has 1 N–H and O–H groups in total. The van der Waals surface area contributed by atoms with Crippen LogP contribution in [0.15, 0.2) is 35.5 Å². The average Bonchev–Trinajstić information content (AvgIpc) is 2.44. The SMILES string of the molecule is CCOC(=O)C1=C(C)[C@H](c2ccccc2F)NC(=O)N1C. The maximum absolute atomic E-state index is 13.9. The predicted molar refractivity (Wildman–Crippen MR) is 74.8 cm³/mol. The van der Waals surface area contributed by atoms with Crippen molar-refractivity contribution in [2.45, 2.75) is 19.9 Å². The Labute approximate surface area is 122 Å². The highest BCUT2D eigenvalue weighted by Gasteiger charge is 2.34. The fraction of sp³-hybridized carbons (Fsp3) is 0.333. The van der Waals surface area contributed by atoms with Gasteiger partial charge in [-0.25, -0.2) is 14.0 Å². The van der Waals surface area contributed by atoms with Gasteiger partial charge in [-0.1, -0.05) is 18.2 Å². The van der Waals surface area contributed by atoms with Crippen molar-refractivity contribution in [3.8, 4) is 0 Å². The summed E-state index contributed by atoms with van der Waals surface area (Å²) in [5, 5.41) is 2.68. The van der Waals surface area contributed by atoms with Gasteiger partial charge < -0.3 is 10.1 Å². The predicted octanol–water partition coefficient (Wildman–Crippen LogP) is 2.36. The van der Waals surface area contributed by atoms with E-state index in [0.717, 1.165) is 0 Å². The van der Waals surface area contributed by atoms with E-state index in [4.69, 9.17) is 4.74 Å². The first kappa shape index (κ1) is 15.0. The number of hydrogen-bond acceptors (Lipinski definition) is 3. The first-order valence-corrected chi connectivity index (χ1v) is 6.63. The summed E-state index contributed by atoms with van der Waals surface area (Å²) >= 11 is 0. The first-order valence-electron chi connectivity index (χ1n) is 6.63. The van der Waals surface area contributed by atoms with Gasteiger partial charge in [-0.05, 0) is 25.5 Å². The van der Waals surface area contributed by atoms with Gasteiger partial charge in [-0.15, -0.1) is 0 Å². The molecule has 0 unspecified atom stereocenters. The van der Waals surface area contributed by atoms with Crippen molar-refractivity contribution in [1.82, 2.24) is 10.2 Å². The molecule has 112 valence electrons. The highest BCUT2D eigenvalue weighted by molar-refractivity contribution is 5.96. The van der Waals surface area contributed by atoms with E-state index in [9.17, 15) is 14.0 Å². The molecule has 0 saturated heterocycles. The summed E-state index contributed by atoms with van der Waals surface area (Å²) in [5.74, 6) is -1.02. The quantitative estimate of drug-likeness (QED) is 0.870. The normalized spacial score (nSPS) is 18.6. The van der Waals surface area contributed by atoms with E-state index in [2.05, 4.69) is 5.32 Å². The van der Waals surface area contributed by atoms with Gasteiger partial charge in [0.25, 0.3) is 0 Å². The Hall–Kier alpha value is -2.37. The van der Waals surface area contributed by atoms with E-state index in [0.29, 0.717) is 11.1 Å². The van der Waals surface area contributed by atoms with Gasteiger partial charge >= 0.3 is 12.0 Å². The zero-order chi connectivity index (χ0) is 15.6. The van der Waals surface area contributed by atoms with Crippen LogP contribution >= 0.6 is 0 Å². The summed E-state index contributed by atoms with van der Waals surface area (Å²) in [5.41, 5.74) is 1.01. The number of benzene rings is 1. The van der Waals surface area contributed by atoms with E-state index in [-0.39, 0.29) is 12.3 Å². The van der Waals surface area contributed by atoms with Crippen LogP contribution in [0.25, 0.3) is 0 Å². The number of hydrogen-bond donors (Lipinski definition) is 1. The summed E-state index contributed by atoms with van der Waals surface area (Å²) in [6.07, 6.45) is 0. The number of esters is 1. The second-order valence-electron chi connectivity index (χ2n) is 4.72. The molecular weight excluding hydrogens is 275 g/mol. The van der Waals surface area contributed by atoms with Crippen molar-refractivity contribution in [3.05, 3.63) is 46.9 Å². The molecule has 1 aromatic carbocycles. The second-order valence-corrected chi connectivity index (χ2v) is 4.72. The molecule has 6 heteroatoms. The molecule has 1 heterocycles. The number of nitrogens with zero attached hydrogens (tertiary/aromatic N) is 1. The summed E-state index contributed by atoms with van der Waals surface area (Å²) in [6.45, 7) is 3.57. The maximum atomic E-state index is 13.9. The van der Waals surface area contributed by atoms with Crippen LogP contribution < -0.4 is 5.32 Å². The number of likely N-dealkylation sites (N-methyl/N-ethyl adjacent to an activating group) is 1. The minimum atomic E-state index is -0.686. The molecule has 0 aliphatic carbocycles. The zero-order valence-corrected chi connectivity index (χ0v) is 12.1. The smallest absolute Gasteiger partial charge is 0.355 e. The number of urea groups is 1. The van der Waals surface area contributed by atoms with Crippen molar-refractivity contribution in [3.63, 3.8) is 0 Å². The third kappa shape index (κ3) is 2.74. The lowest BCUT2D eigenvalue weighted by molar-refractivity contribution is -0.140. The number of carbonyl (C=O) groups excluding carboxylic acids is 2. The van der Waals surface area contributed by atoms with Crippen LogP contribution in [0.4, 0.5) is 9.18 Å². The topological polar surface area (TPSA) is 58.6 Å². The van der Waals surface area contributed by atoms with Gasteiger partial charge in [0.1, 0.15) is 11.5 Å². The minimum Gasteiger partial charge on any atom is -0.461 e. The molecule has 5 nitrogen and oxygen atoms in total. The van der Waals surface area contributed by atoms with Crippen LogP contribution in [0.2, 0.25) is 0 Å². The van der Waals surface area contributed by atoms with Gasteiger partial charge in [0, 0.05) is 12.6 Å². The van der Waals surface area contributed by atoms with E-state index in [1.165, 1.54) is 18.0 Å². The van der Waals surface area contributed by atoms with Crippen LogP contribution in [0.1, 0.15) is 25.5 Å². The minimum absolute atomic E-state index is 0.147. The number of carbonyl (C=O) groups is 2. The van der Waals surface area contributed by atoms with E-state index < -0.39 is 23.9 Å². The summed E-state index contributed by atoms with van der Waals surface area (Å²) in [6, 6.07) is 4.99. The lowest BCUT2D eigenvalue weighted by Gasteiger charge is -2.33. The van der Waals surface area contributed by atoms with Crippen molar-refractivity contribution in [1.29, 1.82) is 0 Å². The third-order valence-corrected chi connectivity index (χ3v) is 3.40. The zero-order valence-electron chi connectivity index (χ0n) is 12.1. The van der Waals surface area contributed by atoms with E-state index in [1.54, 1.807) is 32.0 Å². The van der Waals surface area contributed by atoms with Gasteiger partial charge in [-0.2, -0.15) is 0 Å². The Morgan fingerprint density at radius 3 is 2.71 bits per heavy atom. The van der Waals surface area contributed by atoms with E-state index >= 15 is 0 Å². The number of nitrogens with one attached hydrogen (secondary N) is 1. The molecule has 21 heavy (non-hydrogen) atoms. The molecule has 0 radical (unpaired) electrons. The summed E-state index contributed by atoms with van der Waals surface area (Å²) in [4.78, 5) is 25.2. The number of rotatable bonds is 3. The molecule has 0 saturated carbocycles. The molecule has 0 bridgehead atoms. The van der Waals surface area contributed by atoms with Crippen LogP contribution in [-0.4, -0.2) is 30.6 Å². The molecule has 0 aromatic heterocycles. The van der Waals surface area contributed by atoms with Crippen LogP contribution in [0.3, 0.4) is 0 Å². The van der Waals surface area contributed by atoms with Gasteiger partial charge in [0.2, 0.25) is 0 Å². The average molecular weight is 292 g/mol. The Morgan fingerprint density at radius 2 is 2.10 bits per heavy atom. The van der Waals surface area contributed by atoms with Crippen molar-refractivity contribution in [2.75, 3.05) is 13.7 Å². The monoisotopic (exact) mass is 292 g/mol. The molecular formula is C15H17FN2O3. The van der Waals surface area contributed by atoms with Gasteiger partial charge in [-0.3, -0.25) is 4.90 Å². The standard InChI is InChI=1S/C15H17FN2O3/c1-4-21-14(19)13-9(2)12(17-15(20)18(13)3)10-7-5-6-8-11(10)16/h5-8,12H,4H2,1-3H3,(H,17,20)/t12-/m1/s1. The van der Waals surface area contributed by atoms with Crippen molar-refractivity contribution >= 4 is 12.0 Å². The second kappa shape index (κ2) is 5.95. The van der Waals surface area contributed by atoms with E-state index in [1.807, 2.05) is 0 Å². The fourth-order valence-electron chi connectivity index (χ4n) is 2.35. The molecule has 1 aromatic rings. The Bertz CT molecular complexity index is 613. The van der Waals surface area contributed by atoms with Gasteiger partial charge in [0.05, 0.1) is 12.6 Å². The molecule has 1 atom stereocenters. The molecule has 1 aliphatic rings. The summed E-state index contributed by atoms with van der Waals surface area (Å²) in [7, 11) is 1.47. The lowest BCUT2D eigenvalue weighted by Crippen LogP contribution is -2.47. The van der Waals surface area contributed by atoms with Crippen molar-refractivity contribution in [2.24, 2.45) is 0 Å². The molecule has 1 aliphatic heterocycles. The number of ether oxygens (including phenoxy) is 1. The van der Waals surface area contributed by atoms with Crippen LogP contribution in [-0.2, 0) is 9.53 Å². The number of halogens is 1. The largest absolute Gasteiger partial charge is 0.461 e. The highest BCUT2D eigenvalue weighted by Crippen LogP contribution is 2.31. The van der Waals surface area contributed by atoms with Crippen LogP contribution in [0.5, 0.6) is 0 Å². The Kier molecular flexibility index (Phi) is 4.26. The lowest BCUT2D eigenvalue weighted by atomic mass is 9.95. The van der Waals surface area contributed by atoms with Gasteiger partial charge in [0.15, 0.2) is 0 Å². The Morgan fingerprint density at radius 1 is 1.43 bits per heavy atom. The fourth-order valence-corrected chi connectivity index (χ4v) is 2.35. The number of amides is 2. The van der Waals surface area contributed by atoms with Crippen LogP contribution in [0, 0.1) is 5.82 Å². The highest BCUT2D eigenvalue weighted by atomic mass is 19.1. The maximum Gasteiger partial charge on any atom is 0.355 e. The summed E-state index contributed by atoms with van der Waals surface area (Å²) < 4.78 is 18.9. The molecule has 0 spiro atoms. The van der Waals surface area contributed by atoms with Crippen molar-refractivity contribution < 1.29 is 18.7 Å². The molecule has 2 rings (SSSR count). The Balaban J connectivity index is 2.50. The molecule has 0 fully saturated rings. The third-order valence-electron chi connectivity index (χ3n) is 3.40. The molecule has 2 amide bonds.